The van der Waals surface area contributed by atoms with Crippen LogP contribution in [0.15, 0.2) is 41.9 Å². The highest BCUT2D eigenvalue weighted by Crippen LogP contribution is 2.46. The number of carbonyl (C=O) groups is 2. The van der Waals surface area contributed by atoms with Crippen molar-refractivity contribution in [2.75, 3.05) is 38.1 Å². The maximum absolute atomic E-state index is 14.8. The van der Waals surface area contributed by atoms with E-state index in [2.05, 4.69) is 23.5 Å². The lowest BCUT2D eigenvalue weighted by Crippen LogP contribution is -2.55. The summed E-state index contributed by atoms with van der Waals surface area (Å²) < 4.78 is 14.8. The fourth-order valence-electron chi connectivity index (χ4n) is 4.74. The number of pyridine rings is 1. The van der Waals surface area contributed by atoms with Crippen LogP contribution in [0.3, 0.4) is 0 Å². The third kappa shape index (κ3) is 5.32. The summed E-state index contributed by atoms with van der Waals surface area (Å²) in [6.45, 7) is 9.52. The van der Waals surface area contributed by atoms with Gasteiger partial charge in [-0.2, -0.15) is 0 Å². The first-order valence-corrected chi connectivity index (χ1v) is 12.6. The quantitative estimate of drug-likeness (QED) is 0.253. The number of phenolic OH excluding ortho intramolecular Hbond substituents is 1. The second kappa shape index (κ2) is 10.5. The molecule has 37 heavy (non-hydrogen) atoms. The number of carbonyl (C=O) groups excluding carboxylic acids is 2. The normalized spacial score (nSPS) is 18.9. The summed E-state index contributed by atoms with van der Waals surface area (Å²) in [5.74, 6) is -0.283. The lowest BCUT2D eigenvalue weighted by Gasteiger charge is -2.41. The number of benzene rings is 1. The Kier molecular flexibility index (Phi) is 7.54. The lowest BCUT2D eigenvalue weighted by molar-refractivity contribution is -0.128. The summed E-state index contributed by atoms with van der Waals surface area (Å²) in [6, 6.07) is 5.49. The molecule has 2 heterocycles. The van der Waals surface area contributed by atoms with Crippen LogP contribution in [-0.4, -0.2) is 77.3 Å². The highest BCUT2D eigenvalue weighted by Gasteiger charge is 2.40. The average molecular weight is 528 g/mol. The highest BCUT2D eigenvalue weighted by atomic mass is 35.5. The van der Waals surface area contributed by atoms with Crippen molar-refractivity contribution in [1.82, 2.24) is 14.8 Å². The van der Waals surface area contributed by atoms with Crippen molar-refractivity contribution in [3.63, 3.8) is 0 Å². The highest BCUT2D eigenvalue weighted by molar-refractivity contribution is 6.33. The Morgan fingerprint density at radius 3 is 2.70 bits per heavy atom. The number of anilines is 1. The van der Waals surface area contributed by atoms with E-state index in [-0.39, 0.29) is 45.2 Å². The van der Waals surface area contributed by atoms with E-state index in [0.29, 0.717) is 44.0 Å². The van der Waals surface area contributed by atoms with Crippen molar-refractivity contribution in [2.45, 2.75) is 32.7 Å². The number of hydrogen-bond acceptors (Lipinski definition) is 5. The number of piperazine rings is 1. The molecule has 1 aliphatic carbocycles. The molecule has 8 nitrogen and oxygen atoms in total. The third-order valence-electron chi connectivity index (χ3n) is 7.08. The van der Waals surface area contributed by atoms with E-state index >= 15 is 0 Å². The van der Waals surface area contributed by atoms with Crippen molar-refractivity contribution < 1.29 is 19.1 Å². The van der Waals surface area contributed by atoms with E-state index in [1.807, 2.05) is 11.8 Å². The minimum Gasteiger partial charge on any atom is -0.507 e. The zero-order chi connectivity index (χ0) is 26.9. The van der Waals surface area contributed by atoms with E-state index in [1.165, 1.54) is 29.2 Å². The van der Waals surface area contributed by atoms with Gasteiger partial charge >= 0.3 is 0 Å². The molecule has 1 atom stereocenters. The molecule has 2 aromatic rings. The predicted octanol–water partition coefficient (Wildman–Crippen LogP) is 4.10. The minimum absolute atomic E-state index is 0.0344. The SMILES string of the molecule is C=CC(=O)N1CCN(C(=NC)c2cc(Cl)c(-c3c(O)cccc3F)nc2N(C=O)CC2(C)CC2)C(C)C1. The number of nitrogens with zero attached hydrogens (tertiary/aromatic N) is 5. The Hall–Kier alpha value is -3.46. The molecule has 1 aromatic heterocycles. The summed E-state index contributed by atoms with van der Waals surface area (Å²) in [7, 11) is 1.64. The fourth-order valence-corrected chi connectivity index (χ4v) is 4.98. The van der Waals surface area contributed by atoms with Crippen molar-refractivity contribution >= 4 is 35.6 Å². The van der Waals surface area contributed by atoms with E-state index in [9.17, 15) is 19.1 Å². The van der Waals surface area contributed by atoms with Gasteiger partial charge in [0.25, 0.3) is 0 Å². The van der Waals surface area contributed by atoms with Gasteiger partial charge in [-0.15, -0.1) is 0 Å². The first-order chi connectivity index (χ1) is 17.6. The molecular weight excluding hydrogens is 497 g/mol. The lowest BCUT2D eigenvalue weighted by atomic mass is 10.0. The van der Waals surface area contributed by atoms with Gasteiger partial charge in [-0.25, -0.2) is 9.37 Å². The first-order valence-electron chi connectivity index (χ1n) is 12.2. The maximum Gasteiger partial charge on any atom is 0.246 e. The number of phenols is 1. The number of rotatable bonds is 7. The molecule has 196 valence electrons. The number of amidine groups is 1. The van der Waals surface area contributed by atoms with E-state index in [4.69, 9.17) is 11.6 Å². The van der Waals surface area contributed by atoms with Crippen LogP contribution in [0.4, 0.5) is 10.2 Å². The fraction of sp³-hybridized carbons (Fsp3) is 0.407. The monoisotopic (exact) mass is 527 g/mol. The van der Waals surface area contributed by atoms with Crippen molar-refractivity contribution in [3.05, 3.63) is 53.3 Å². The van der Waals surface area contributed by atoms with Gasteiger partial charge in [-0.05, 0) is 49.5 Å². The molecule has 4 rings (SSSR count). The van der Waals surface area contributed by atoms with Crippen LogP contribution in [0, 0.1) is 11.2 Å². The number of halogens is 2. The molecule has 2 fully saturated rings. The van der Waals surface area contributed by atoms with Crippen LogP contribution in [0.5, 0.6) is 5.75 Å². The number of hydrogen-bond donors (Lipinski definition) is 1. The van der Waals surface area contributed by atoms with Gasteiger partial charge in [0.05, 0.1) is 21.8 Å². The molecule has 2 aliphatic rings. The molecule has 0 spiro atoms. The summed E-state index contributed by atoms with van der Waals surface area (Å²) in [6.07, 6.45) is 3.97. The van der Waals surface area contributed by atoms with E-state index in [1.54, 1.807) is 18.0 Å². The zero-order valence-electron chi connectivity index (χ0n) is 21.2. The smallest absolute Gasteiger partial charge is 0.246 e. The van der Waals surface area contributed by atoms with Gasteiger partial charge in [-0.1, -0.05) is 31.2 Å². The molecular formula is C27H31ClFN5O3. The Morgan fingerprint density at radius 1 is 1.41 bits per heavy atom. The molecule has 1 aromatic carbocycles. The third-order valence-corrected chi connectivity index (χ3v) is 7.37. The standard InChI is InChI=1S/C27H31ClFN5O3/c1-5-22(37)32-11-12-34(17(2)14-32)25(30-4)18-13-19(28)24(23-20(29)7-6-8-21(23)36)31-26(18)33(16-35)15-27(3)9-10-27/h5-8,13,16-17,36H,1,9-12,14-15H2,2-4H3. The van der Waals surface area contributed by atoms with Gasteiger partial charge in [0.15, 0.2) is 0 Å². The Bertz CT molecular complexity index is 1240. The molecule has 10 heteroatoms. The van der Waals surface area contributed by atoms with Gasteiger partial charge in [0.2, 0.25) is 12.3 Å². The van der Waals surface area contributed by atoms with Gasteiger partial charge < -0.3 is 14.9 Å². The molecule has 0 radical (unpaired) electrons. The Labute approximate surface area is 221 Å². The van der Waals surface area contributed by atoms with Crippen molar-refractivity contribution in [3.8, 4) is 17.0 Å². The van der Waals surface area contributed by atoms with Gasteiger partial charge in [0.1, 0.15) is 23.2 Å². The van der Waals surface area contributed by atoms with Crippen LogP contribution < -0.4 is 4.90 Å². The van der Waals surface area contributed by atoms with Crippen LogP contribution in [0.1, 0.15) is 32.3 Å². The number of aromatic hydroxyl groups is 1. The first kappa shape index (κ1) is 26.6. The van der Waals surface area contributed by atoms with Crippen LogP contribution in [-0.2, 0) is 9.59 Å². The van der Waals surface area contributed by atoms with Gasteiger partial charge in [-0.3, -0.25) is 19.5 Å². The van der Waals surface area contributed by atoms with Crippen molar-refractivity contribution in [2.24, 2.45) is 10.4 Å². The summed E-state index contributed by atoms with van der Waals surface area (Å²) in [5.41, 5.74) is 0.379. The molecule has 1 N–H and O–H groups in total. The number of aromatic nitrogens is 1. The molecule has 1 unspecified atom stereocenters. The number of amides is 2. The van der Waals surface area contributed by atoms with Crippen LogP contribution in [0.25, 0.3) is 11.3 Å². The van der Waals surface area contributed by atoms with Gasteiger partial charge in [0, 0.05) is 39.3 Å². The summed E-state index contributed by atoms with van der Waals surface area (Å²) in [4.78, 5) is 39.0. The topological polar surface area (TPSA) is 89.3 Å². The molecule has 1 aliphatic heterocycles. The zero-order valence-corrected chi connectivity index (χ0v) is 22.0. The summed E-state index contributed by atoms with van der Waals surface area (Å²) in [5, 5.41) is 10.5. The Balaban J connectivity index is 1.83. The molecule has 1 saturated carbocycles. The molecule has 1 saturated heterocycles. The minimum atomic E-state index is -0.680. The largest absolute Gasteiger partial charge is 0.507 e. The summed E-state index contributed by atoms with van der Waals surface area (Å²) >= 11 is 6.65. The van der Waals surface area contributed by atoms with E-state index in [0.717, 1.165) is 12.8 Å². The maximum atomic E-state index is 14.8. The molecule has 0 bridgehead atoms. The van der Waals surface area contributed by atoms with Crippen molar-refractivity contribution in [1.29, 1.82) is 0 Å². The number of aliphatic imine (C=N–C) groups is 1. The Morgan fingerprint density at radius 2 is 2.14 bits per heavy atom. The second-order valence-electron chi connectivity index (χ2n) is 9.95. The van der Waals surface area contributed by atoms with E-state index < -0.39 is 5.82 Å². The van der Waals surface area contributed by atoms with Crippen LogP contribution in [0.2, 0.25) is 5.02 Å². The molecule has 2 amide bonds. The average Bonchev–Trinajstić information content (AvgIpc) is 3.61. The second-order valence-corrected chi connectivity index (χ2v) is 10.4. The predicted molar refractivity (Wildman–Crippen MR) is 142 cm³/mol. The van der Waals surface area contributed by atoms with Crippen LogP contribution >= 0.6 is 11.6 Å².